The van der Waals surface area contributed by atoms with Crippen LogP contribution < -0.4 is 0 Å². The number of benzene rings is 1. The van der Waals surface area contributed by atoms with Crippen molar-refractivity contribution >= 4 is 22.6 Å². The van der Waals surface area contributed by atoms with Gasteiger partial charge in [-0.15, -0.1) is 0 Å². The van der Waals surface area contributed by atoms with Crippen LogP contribution in [0.15, 0.2) is 30.6 Å². The van der Waals surface area contributed by atoms with E-state index in [9.17, 15) is 8.78 Å². The fourth-order valence-corrected chi connectivity index (χ4v) is 1.75. The first-order valence-corrected chi connectivity index (χ1v) is 5.34. The molecule has 0 N–H and O–H groups in total. The maximum Gasteiger partial charge on any atom is 0.224 e. The van der Waals surface area contributed by atoms with Crippen LogP contribution >= 0.6 is 11.6 Å². The molecule has 0 aliphatic carbocycles. The molecular weight excluding hydrogens is 262 g/mol. The number of rotatable bonds is 1. The number of hydrogen-bond acceptors (Lipinski definition) is 3. The van der Waals surface area contributed by atoms with Crippen molar-refractivity contribution in [1.82, 2.24) is 19.7 Å². The number of hydrogen-bond donors (Lipinski definition) is 0. The molecule has 0 radical (unpaired) electrons. The van der Waals surface area contributed by atoms with E-state index in [1.165, 1.54) is 23.1 Å². The molecule has 0 spiro atoms. The molecule has 90 valence electrons. The average molecular weight is 267 g/mol. The number of halogens is 3. The lowest BCUT2D eigenvalue weighted by molar-refractivity contribution is 0.574. The molecule has 0 amide bonds. The Morgan fingerprint density at radius 2 is 2.00 bits per heavy atom. The van der Waals surface area contributed by atoms with Crippen molar-refractivity contribution in [2.75, 3.05) is 0 Å². The molecule has 1 aromatic carbocycles. The van der Waals surface area contributed by atoms with E-state index in [0.717, 1.165) is 12.1 Å². The van der Waals surface area contributed by atoms with Gasteiger partial charge in [-0.2, -0.15) is 10.1 Å². The second kappa shape index (κ2) is 3.99. The van der Waals surface area contributed by atoms with Gasteiger partial charge in [0.25, 0.3) is 0 Å². The number of aromatic nitrogens is 4. The molecule has 0 aliphatic heterocycles. The van der Waals surface area contributed by atoms with E-state index in [1.54, 1.807) is 0 Å². The summed E-state index contributed by atoms with van der Waals surface area (Å²) in [6, 6.07) is 3.22. The van der Waals surface area contributed by atoms with E-state index >= 15 is 0 Å². The Morgan fingerprint density at radius 3 is 2.78 bits per heavy atom. The Morgan fingerprint density at radius 1 is 1.17 bits per heavy atom. The zero-order chi connectivity index (χ0) is 12.7. The Labute approximate surface area is 105 Å². The summed E-state index contributed by atoms with van der Waals surface area (Å²) in [5, 5.41) is 4.64. The van der Waals surface area contributed by atoms with Gasteiger partial charge >= 0.3 is 0 Å². The maximum atomic E-state index is 13.7. The first-order valence-electron chi connectivity index (χ1n) is 4.97. The lowest BCUT2D eigenvalue weighted by Gasteiger charge is -2.04. The van der Waals surface area contributed by atoms with Crippen LogP contribution in [0.1, 0.15) is 0 Å². The molecule has 0 unspecified atom stereocenters. The normalized spacial score (nSPS) is 11.1. The zero-order valence-electron chi connectivity index (χ0n) is 8.81. The molecule has 0 saturated heterocycles. The second-order valence-corrected chi connectivity index (χ2v) is 3.91. The third kappa shape index (κ3) is 1.70. The molecule has 2 aromatic heterocycles. The topological polar surface area (TPSA) is 43.6 Å². The van der Waals surface area contributed by atoms with Crippen LogP contribution in [0.2, 0.25) is 5.28 Å². The summed E-state index contributed by atoms with van der Waals surface area (Å²) in [5.41, 5.74) is 0.460. The van der Waals surface area contributed by atoms with Gasteiger partial charge in [0, 0.05) is 12.3 Å². The smallest absolute Gasteiger partial charge is 0.224 e. The fourth-order valence-electron chi connectivity index (χ4n) is 1.63. The Bertz CT molecular complexity index is 741. The maximum absolute atomic E-state index is 13.7. The quantitative estimate of drug-likeness (QED) is 0.636. The molecule has 3 rings (SSSR count). The van der Waals surface area contributed by atoms with Crippen molar-refractivity contribution < 1.29 is 8.78 Å². The first-order chi connectivity index (χ1) is 8.65. The van der Waals surface area contributed by atoms with Crippen LogP contribution in [0.4, 0.5) is 8.78 Å². The minimum atomic E-state index is -0.727. The van der Waals surface area contributed by atoms with E-state index in [2.05, 4.69) is 15.1 Å². The molecule has 0 atom stereocenters. The van der Waals surface area contributed by atoms with Crippen LogP contribution in [0.5, 0.6) is 0 Å². The molecule has 0 fully saturated rings. The second-order valence-electron chi connectivity index (χ2n) is 3.57. The third-order valence-electron chi connectivity index (χ3n) is 2.42. The van der Waals surface area contributed by atoms with E-state index in [0.29, 0.717) is 11.0 Å². The van der Waals surface area contributed by atoms with E-state index in [4.69, 9.17) is 11.6 Å². The highest BCUT2D eigenvalue weighted by atomic mass is 35.5. The lowest BCUT2D eigenvalue weighted by atomic mass is 10.3. The predicted molar refractivity (Wildman–Crippen MR) is 61.6 cm³/mol. The predicted octanol–water partition coefficient (Wildman–Crippen LogP) is 2.75. The molecular formula is C11H5ClF2N4. The van der Waals surface area contributed by atoms with Crippen molar-refractivity contribution in [3.8, 4) is 5.69 Å². The Kier molecular flexibility index (Phi) is 2.45. The minimum Gasteiger partial charge on any atom is -0.226 e. The summed E-state index contributed by atoms with van der Waals surface area (Å²) in [4.78, 5) is 7.77. The number of nitrogens with zero attached hydrogens (tertiary/aromatic N) is 4. The van der Waals surface area contributed by atoms with Gasteiger partial charge in [0.05, 0.1) is 11.6 Å². The Hall–Kier alpha value is -2.08. The van der Waals surface area contributed by atoms with Crippen LogP contribution in [0, 0.1) is 11.6 Å². The van der Waals surface area contributed by atoms with E-state index in [1.807, 2.05) is 0 Å². The largest absolute Gasteiger partial charge is 0.226 e. The van der Waals surface area contributed by atoms with Gasteiger partial charge in [-0.05, 0) is 23.7 Å². The van der Waals surface area contributed by atoms with Gasteiger partial charge < -0.3 is 0 Å². The fraction of sp³-hybridized carbons (Fsp3) is 0. The van der Waals surface area contributed by atoms with Crippen molar-refractivity contribution in [2.45, 2.75) is 0 Å². The Balaban J connectivity index is 2.28. The molecule has 0 aliphatic rings. The summed E-state index contributed by atoms with van der Waals surface area (Å²) in [5.74, 6) is -1.38. The molecule has 2 heterocycles. The zero-order valence-corrected chi connectivity index (χ0v) is 9.57. The van der Waals surface area contributed by atoms with Gasteiger partial charge in [-0.25, -0.2) is 18.4 Å². The lowest BCUT2D eigenvalue weighted by Crippen LogP contribution is -2.01. The minimum absolute atomic E-state index is 0.0340. The monoisotopic (exact) mass is 266 g/mol. The van der Waals surface area contributed by atoms with Crippen molar-refractivity contribution in [3.05, 3.63) is 47.5 Å². The van der Waals surface area contributed by atoms with E-state index < -0.39 is 11.6 Å². The van der Waals surface area contributed by atoms with Gasteiger partial charge in [-0.3, -0.25) is 0 Å². The highest BCUT2D eigenvalue weighted by Crippen LogP contribution is 2.19. The molecule has 3 aromatic rings. The summed E-state index contributed by atoms with van der Waals surface area (Å²) in [7, 11) is 0. The highest BCUT2D eigenvalue weighted by Gasteiger charge is 2.12. The highest BCUT2D eigenvalue weighted by molar-refractivity contribution is 6.28. The summed E-state index contributed by atoms with van der Waals surface area (Å²) >= 11 is 5.68. The van der Waals surface area contributed by atoms with Crippen LogP contribution in [-0.2, 0) is 0 Å². The van der Waals surface area contributed by atoms with Crippen LogP contribution in [0.3, 0.4) is 0 Å². The van der Waals surface area contributed by atoms with Gasteiger partial charge in [0.1, 0.15) is 11.5 Å². The molecule has 0 bridgehead atoms. The van der Waals surface area contributed by atoms with Crippen LogP contribution in [-0.4, -0.2) is 19.7 Å². The number of fused-ring (bicyclic) bond motifs is 1. The summed E-state index contributed by atoms with van der Waals surface area (Å²) in [6.45, 7) is 0. The van der Waals surface area contributed by atoms with Gasteiger partial charge in [-0.1, -0.05) is 0 Å². The van der Waals surface area contributed by atoms with Crippen molar-refractivity contribution in [2.24, 2.45) is 0 Å². The van der Waals surface area contributed by atoms with Gasteiger partial charge in [0.15, 0.2) is 11.5 Å². The van der Waals surface area contributed by atoms with Crippen LogP contribution in [0.25, 0.3) is 16.7 Å². The molecule has 7 heteroatoms. The van der Waals surface area contributed by atoms with E-state index in [-0.39, 0.29) is 11.0 Å². The van der Waals surface area contributed by atoms with Crippen molar-refractivity contribution in [1.29, 1.82) is 0 Å². The standard InChI is InChI=1S/C11H5ClF2N4/c12-11-15-4-6-5-16-18(10(6)17-11)9-2-1-7(13)3-8(9)14/h1-5H. The van der Waals surface area contributed by atoms with Gasteiger partial charge in [0.2, 0.25) is 5.28 Å². The third-order valence-corrected chi connectivity index (χ3v) is 2.60. The first kappa shape index (κ1) is 11.0. The summed E-state index contributed by atoms with van der Waals surface area (Å²) in [6.07, 6.45) is 2.96. The average Bonchev–Trinajstić information content (AvgIpc) is 2.72. The SMILES string of the molecule is Fc1ccc(-n2ncc3cnc(Cl)nc32)c(F)c1. The molecule has 4 nitrogen and oxygen atoms in total. The van der Waals surface area contributed by atoms with Crippen molar-refractivity contribution in [3.63, 3.8) is 0 Å². The molecule has 0 saturated carbocycles. The molecule has 18 heavy (non-hydrogen) atoms. The summed E-state index contributed by atoms with van der Waals surface area (Å²) < 4.78 is 27.8.